The first-order chi connectivity index (χ1) is 7.04. The van der Waals surface area contributed by atoms with E-state index < -0.39 is 10.9 Å². The van der Waals surface area contributed by atoms with E-state index in [1.54, 1.807) is 6.92 Å². The minimum Gasteiger partial charge on any atom is -0.424 e. The molecule has 0 heterocycles. The van der Waals surface area contributed by atoms with E-state index in [0.29, 0.717) is 0 Å². The van der Waals surface area contributed by atoms with Crippen LogP contribution in [0, 0.1) is 10.1 Å². The highest BCUT2D eigenvalue weighted by molar-refractivity contribution is 5.74. The summed E-state index contributed by atoms with van der Waals surface area (Å²) < 4.78 is 4.84. The maximum Gasteiger partial charge on any atom is 0.310 e. The molecule has 80 valence electrons. The molecule has 1 rings (SSSR count). The van der Waals surface area contributed by atoms with Crippen LogP contribution in [0.4, 0.5) is 11.4 Å². The number of nitrogens with zero attached hydrogens (tertiary/aromatic N) is 1. The molecule has 0 radical (unpaired) electrons. The number of nitro groups is 1. The summed E-state index contributed by atoms with van der Waals surface area (Å²) in [7, 11) is 0. The monoisotopic (exact) mass is 210 g/mol. The molecule has 0 aliphatic rings. The molecule has 0 amide bonds. The van der Waals surface area contributed by atoms with Crippen LogP contribution in [0.1, 0.15) is 13.3 Å². The van der Waals surface area contributed by atoms with Gasteiger partial charge in [-0.1, -0.05) is 6.92 Å². The second kappa shape index (κ2) is 4.41. The highest BCUT2D eigenvalue weighted by Gasteiger charge is 2.11. The van der Waals surface area contributed by atoms with Gasteiger partial charge in [0.1, 0.15) is 0 Å². The molecule has 0 saturated carbocycles. The maximum atomic E-state index is 10.9. The molecule has 0 atom stereocenters. The molecular weight excluding hydrogens is 200 g/mol. The average molecular weight is 210 g/mol. The zero-order valence-corrected chi connectivity index (χ0v) is 8.10. The van der Waals surface area contributed by atoms with Gasteiger partial charge in [0, 0.05) is 18.6 Å². The van der Waals surface area contributed by atoms with Crippen molar-refractivity contribution in [2.45, 2.75) is 13.3 Å². The van der Waals surface area contributed by atoms with Crippen LogP contribution < -0.4 is 10.5 Å². The van der Waals surface area contributed by atoms with Gasteiger partial charge in [-0.05, 0) is 6.07 Å². The third-order valence-corrected chi connectivity index (χ3v) is 1.72. The van der Waals surface area contributed by atoms with Crippen molar-refractivity contribution in [2.24, 2.45) is 0 Å². The Morgan fingerprint density at radius 1 is 1.60 bits per heavy atom. The van der Waals surface area contributed by atoms with Crippen molar-refractivity contribution in [1.29, 1.82) is 0 Å². The van der Waals surface area contributed by atoms with Gasteiger partial charge in [-0.25, -0.2) is 0 Å². The number of esters is 1. The number of nitro benzene ring substituents is 1. The first-order valence-corrected chi connectivity index (χ1v) is 4.29. The summed E-state index contributed by atoms with van der Waals surface area (Å²) in [5.41, 5.74) is 5.42. The van der Waals surface area contributed by atoms with E-state index in [9.17, 15) is 14.9 Å². The zero-order valence-electron chi connectivity index (χ0n) is 8.10. The van der Waals surface area contributed by atoms with Gasteiger partial charge in [-0.3, -0.25) is 14.9 Å². The third kappa shape index (κ3) is 2.67. The highest BCUT2D eigenvalue weighted by atomic mass is 16.6. The summed E-state index contributed by atoms with van der Waals surface area (Å²) in [5.74, 6) is -0.289. The number of anilines is 1. The number of hydrogen-bond acceptors (Lipinski definition) is 5. The lowest BCUT2D eigenvalue weighted by Gasteiger charge is -2.05. The Bertz CT molecular complexity index is 403. The minimum absolute atomic E-state index is 0.0750. The Hall–Kier alpha value is -2.11. The molecule has 0 bridgehead atoms. The molecule has 0 spiro atoms. The molecule has 1 aromatic rings. The van der Waals surface area contributed by atoms with Crippen molar-refractivity contribution in [3.8, 4) is 5.75 Å². The van der Waals surface area contributed by atoms with E-state index in [0.717, 1.165) is 6.07 Å². The third-order valence-electron chi connectivity index (χ3n) is 1.72. The van der Waals surface area contributed by atoms with Crippen LogP contribution in [-0.4, -0.2) is 10.9 Å². The number of carbonyl (C=O) groups is 1. The van der Waals surface area contributed by atoms with Gasteiger partial charge in [-0.15, -0.1) is 0 Å². The van der Waals surface area contributed by atoms with E-state index >= 15 is 0 Å². The first-order valence-electron chi connectivity index (χ1n) is 4.29. The Labute approximate surface area is 85.8 Å². The van der Waals surface area contributed by atoms with Gasteiger partial charge in [0.25, 0.3) is 5.69 Å². The molecule has 0 aliphatic carbocycles. The number of rotatable bonds is 3. The van der Waals surface area contributed by atoms with Crippen LogP contribution in [0.3, 0.4) is 0 Å². The van der Waals surface area contributed by atoms with Gasteiger partial charge in [-0.2, -0.15) is 0 Å². The van der Waals surface area contributed by atoms with Crippen LogP contribution in [0.25, 0.3) is 0 Å². The largest absolute Gasteiger partial charge is 0.424 e. The molecule has 6 nitrogen and oxygen atoms in total. The molecule has 1 aromatic carbocycles. The molecule has 2 N–H and O–H groups in total. The van der Waals surface area contributed by atoms with Gasteiger partial charge in [0.05, 0.1) is 10.6 Å². The van der Waals surface area contributed by atoms with Crippen LogP contribution in [0.5, 0.6) is 5.75 Å². The van der Waals surface area contributed by atoms with Crippen molar-refractivity contribution in [3.05, 3.63) is 28.3 Å². The molecule has 6 heteroatoms. The molecule has 0 aromatic heterocycles. The Kier molecular flexibility index (Phi) is 3.22. The average Bonchev–Trinajstić information content (AvgIpc) is 2.20. The van der Waals surface area contributed by atoms with Gasteiger partial charge in [0.2, 0.25) is 0 Å². The summed E-state index contributed by atoms with van der Waals surface area (Å²) in [6.07, 6.45) is 0.219. The Balaban J connectivity index is 2.93. The fourth-order valence-corrected chi connectivity index (χ4v) is 0.937. The summed E-state index contributed by atoms with van der Waals surface area (Å²) in [4.78, 5) is 20.8. The number of nitrogens with two attached hydrogens (primary N) is 1. The molecular formula is C9H10N2O4. The van der Waals surface area contributed by atoms with E-state index in [1.165, 1.54) is 12.1 Å². The fraction of sp³-hybridized carbons (Fsp3) is 0.222. The van der Waals surface area contributed by atoms with Crippen LogP contribution in [0.15, 0.2) is 18.2 Å². The van der Waals surface area contributed by atoms with E-state index in [2.05, 4.69) is 0 Å². The van der Waals surface area contributed by atoms with Crippen LogP contribution >= 0.6 is 0 Å². The quantitative estimate of drug-likeness (QED) is 0.268. The molecule has 15 heavy (non-hydrogen) atoms. The van der Waals surface area contributed by atoms with E-state index in [4.69, 9.17) is 10.5 Å². The summed E-state index contributed by atoms with van der Waals surface area (Å²) in [6, 6.07) is 3.69. The lowest BCUT2D eigenvalue weighted by molar-refractivity contribution is -0.384. The molecule has 0 fully saturated rings. The zero-order chi connectivity index (χ0) is 11.4. The first kappa shape index (κ1) is 11.0. The van der Waals surface area contributed by atoms with E-state index in [1.807, 2.05) is 0 Å². The lowest BCUT2D eigenvalue weighted by Crippen LogP contribution is -2.07. The number of hydrogen-bond donors (Lipinski definition) is 1. The SMILES string of the molecule is CCC(=O)Oc1ccc([N+](=O)[O-])cc1N. The van der Waals surface area contributed by atoms with Crippen molar-refractivity contribution in [3.63, 3.8) is 0 Å². The Morgan fingerprint density at radius 3 is 2.73 bits per heavy atom. The summed E-state index contributed by atoms with van der Waals surface area (Å²) >= 11 is 0. The topological polar surface area (TPSA) is 95.5 Å². The summed E-state index contributed by atoms with van der Waals surface area (Å²) in [5, 5.41) is 10.4. The smallest absolute Gasteiger partial charge is 0.310 e. The van der Waals surface area contributed by atoms with Crippen molar-refractivity contribution >= 4 is 17.3 Å². The van der Waals surface area contributed by atoms with Gasteiger partial charge in [0.15, 0.2) is 5.75 Å². The van der Waals surface area contributed by atoms with Crippen LogP contribution in [-0.2, 0) is 4.79 Å². The predicted molar refractivity (Wildman–Crippen MR) is 53.4 cm³/mol. The molecule has 0 unspecified atom stereocenters. The Morgan fingerprint density at radius 2 is 2.27 bits per heavy atom. The van der Waals surface area contributed by atoms with Gasteiger partial charge < -0.3 is 10.5 Å². The van der Waals surface area contributed by atoms with Crippen molar-refractivity contribution < 1.29 is 14.5 Å². The number of non-ortho nitro benzene ring substituents is 1. The molecule has 0 aliphatic heterocycles. The van der Waals surface area contributed by atoms with Crippen LogP contribution in [0.2, 0.25) is 0 Å². The van der Waals surface area contributed by atoms with Crippen molar-refractivity contribution in [2.75, 3.05) is 5.73 Å². The number of nitrogen functional groups attached to an aromatic ring is 1. The normalized spacial score (nSPS) is 9.67. The highest BCUT2D eigenvalue weighted by Crippen LogP contribution is 2.26. The number of benzene rings is 1. The minimum atomic E-state index is -0.568. The van der Waals surface area contributed by atoms with Crippen molar-refractivity contribution in [1.82, 2.24) is 0 Å². The standard InChI is InChI=1S/C9H10N2O4/c1-2-9(12)15-8-4-3-6(11(13)14)5-7(8)10/h3-5H,2,10H2,1H3. The predicted octanol–water partition coefficient (Wildman–Crippen LogP) is 1.49. The number of carbonyl (C=O) groups excluding carboxylic acids is 1. The lowest BCUT2D eigenvalue weighted by atomic mass is 10.2. The fourth-order valence-electron chi connectivity index (χ4n) is 0.937. The molecule has 0 saturated heterocycles. The van der Waals surface area contributed by atoms with E-state index in [-0.39, 0.29) is 23.5 Å². The van der Waals surface area contributed by atoms with Gasteiger partial charge >= 0.3 is 5.97 Å². The second-order valence-electron chi connectivity index (χ2n) is 2.81. The number of ether oxygens (including phenoxy) is 1. The second-order valence-corrected chi connectivity index (χ2v) is 2.81. The maximum absolute atomic E-state index is 10.9. The summed E-state index contributed by atoms with van der Waals surface area (Å²) in [6.45, 7) is 1.64.